The van der Waals surface area contributed by atoms with Crippen molar-refractivity contribution in [1.82, 2.24) is 4.90 Å². The Balaban J connectivity index is 2.14. The van der Waals surface area contributed by atoms with Crippen LogP contribution in [0.2, 0.25) is 0 Å². The van der Waals surface area contributed by atoms with E-state index in [4.69, 9.17) is 9.47 Å². The molecule has 6 nitrogen and oxygen atoms in total. The Morgan fingerprint density at radius 1 is 1.36 bits per heavy atom. The summed E-state index contributed by atoms with van der Waals surface area (Å²) < 4.78 is 11.4. The van der Waals surface area contributed by atoms with E-state index in [0.29, 0.717) is 36.3 Å². The number of carbonyl (C=O) groups excluding carboxylic acids is 3. The summed E-state index contributed by atoms with van der Waals surface area (Å²) in [6.45, 7) is 6.17. The van der Waals surface area contributed by atoms with Gasteiger partial charge in [-0.05, 0) is 51.8 Å². The van der Waals surface area contributed by atoms with Gasteiger partial charge in [0.1, 0.15) is 17.4 Å². The zero-order chi connectivity index (χ0) is 18.2. The molecule has 1 aromatic carbocycles. The molecule has 3 rings (SSSR count). The van der Waals surface area contributed by atoms with E-state index in [1.807, 2.05) is 13.8 Å². The molecule has 2 unspecified atom stereocenters. The number of hydrogen-bond donors (Lipinski definition) is 0. The van der Waals surface area contributed by atoms with Crippen LogP contribution in [-0.4, -0.2) is 41.3 Å². The van der Waals surface area contributed by atoms with E-state index in [1.165, 1.54) is 6.92 Å². The number of ketones is 1. The fourth-order valence-corrected chi connectivity index (χ4v) is 3.73. The maximum absolute atomic E-state index is 12.6. The predicted molar refractivity (Wildman–Crippen MR) is 90.4 cm³/mol. The Morgan fingerprint density at radius 3 is 2.76 bits per heavy atom. The van der Waals surface area contributed by atoms with Crippen molar-refractivity contribution in [3.8, 4) is 5.75 Å². The van der Waals surface area contributed by atoms with E-state index in [1.54, 1.807) is 23.1 Å². The minimum atomic E-state index is -0.798. The minimum Gasteiger partial charge on any atom is -0.484 e. The summed E-state index contributed by atoms with van der Waals surface area (Å²) in [5.74, 6) is 0.584. The van der Waals surface area contributed by atoms with Crippen LogP contribution in [0.5, 0.6) is 5.75 Å². The lowest BCUT2D eigenvalue weighted by atomic mass is 9.83. The topological polar surface area (TPSA) is 72.9 Å². The number of rotatable bonds is 4. The van der Waals surface area contributed by atoms with Gasteiger partial charge < -0.3 is 14.4 Å². The van der Waals surface area contributed by atoms with Crippen molar-refractivity contribution in [3.05, 3.63) is 29.3 Å². The summed E-state index contributed by atoms with van der Waals surface area (Å²) in [6, 6.07) is 4.76. The minimum absolute atomic E-state index is 0.0348. The smallest absolute Gasteiger partial charge is 0.293 e. The zero-order valence-electron chi connectivity index (χ0n) is 14.8. The first-order chi connectivity index (χ1) is 11.8. The van der Waals surface area contributed by atoms with Gasteiger partial charge in [-0.3, -0.25) is 14.4 Å². The number of Topliss-reactive ketones (excluding diaryl/α,β-unsaturated/α-hetero) is 1. The van der Waals surface area contributed by atoms with Crippen molar-refractivity contribution in [2.24, 2.45) is 0 Å². The second-order valence-electron chi connectivity index (χ2n) is 7.16. The molecule has 1 fully saturated rings. The Labute approximate surface area is 147 Å². The average molecular weight is 345 g/mol. The lowest BCUT2D eigenvalue weighted by Gasteiger charge is -2.48. The highest BCUT2D eigenvalue weighted by molar-refractivity contribution is 5.94. The molecule has 2 aliphatic heterocycles. The van der Waals surface area contributed by atoms with Gasteiger partial charge in [0.15, 0.2) is 11.9 Å². The fraction of sp³-hybridized carbons (Fsp3) is 0.526. The van der Waals surface area contributed by atoms with Gasteiger partial charge in [-0.1, -0.05) is 0 Å². The molecule has 25 heavy (non-hydrogen) atoms. The van der Waals surface area contributed by atoms with Crippen molar-refractivity contribution in [2.75, 3.05) is 6.54 Å². The van der Waals surface area contributed by atoms with Crippen LogP contribution in [0.15, 0.2) is 18.2 Å². The van der Waals surface area contributed by atoms with Gasteiger partial charge in [0.2, 0.25) is 5.91 Å². The molecule has 1 amide bonds. The van der Waals surface area contributed by atoms with E-state index in [-0.39, 0.29) is 11.7 Å². The molecule has 0 spiro atoms. The first-order valence-electron chi connectivity index (χ1n) is 8.57. The summed E-state index contributed by atoms with van der Waals surface area (Å²) in [5.41, 5.74) is 0.462. The highest BCUT2D eigenvalue weighted by Gasteiger charge is 2.49. The van der Waals surface area contributed by atoms with Crippen LogP contribution in [-0.2, 0) is 14.3 Å². The van der Waals surface area contributed by atoms with Crippen molar-refractivity contribution >= 4 is 18.2 Å². The van der Waals surface area contributed by atoms with Crippen molar-refractivity contribution in [1.29, 1.82) is 0 Å². The molecule has 1 aromatic rings. The van der Waals surface area contributed by atoms with Crippen LogP contribution < -0.4 is 4.74 Å². The Morgan fingerprint density at radius 2 is 2.12 bits per heavy atom. The van der Waals surface area contributed by atoms with E-state index in [0.717, 1.165) is 12.8 Å². The van der Waals surface area contributed by atoms with Crippen LogP contribution in [0.25, 0.3) is 0 Å². The van der Waals surface area contributed by atoms with Gasteiger partial charge in [-0.15, -0.1) is 0 Å². The normalized spacial score (nSPS) is 24.9. The molecule has 0 N–H and O–H groups in total. The second kappa shape index (κ2) is 6.50. The van der Waals surface area contributed by atoms with Gasteiger partial charge in [-0.2, -0.15) is 0 Å². The quantitative estimate of drug-likeness (QED) is 0.620. The second-order valence-corrected chi connectivity index (χ2v) is 7.16. The third kappa shape index (κ3) is 3.13. The molecule has 134 valence electrons. The molecule has 0 bridgehead atoms. The van der Waals surface area contributed by atoms with E-state index < -0.39 is 17.7 Å². The number of ether oxygens (including phenoxy) is 2. The number of amides is 1. The molecule has 0 saturated carbocycles. The third-order valence-electron chi connectivity index (χ3n) is 4.98. The van der Waals surface area contributed by atoms with Gasteiger partial charge in [0, 0.05) is 24.1 Å². The largest absolute Gasteiger partial charge is 0.484 e. The molecule has 6 heteroatoms. The molecule has 0 radical (unpaired) electrons. The number of fused-ring (bicyclic) bond motifs is 1. The fourth-order valence-electron chi connectivity index (χ4n) is 3.73. The van der Waals surface area contributed by atoms with Crippen LogP contribution in [0.4, 0.5) is 0 Å². The molecule has 2 atom stereocenters. The predicted octanol–water partition coefficient (Wildman–Crippen LogP) is 2.66. The van der Waals surface area contributed by atoms with Crippen molar-refractivity contribution in [3.63, 3.8) is 0 Å². The van der Waals surface area contributed by atoms with Crippen LogP contribution in [0, 0.1) is 0 Å². The molecule has 2 aliphatic rings. The number of nitrogens with zero attached hydrogens (tertiary/aromatic N) is 1. The van der Waals surface area contributed by atoms with Crippen LogP contribution in [0.1, 0.15) is 62.0 Å². The number of hydrogen-bond acceptors (Lipinski definition) is 5. The summed E-state index contributed by atoms with van der Waals surface area (Å²) >= 11 is 0. The first-order valence-corrected chi connectivity index (χ1v) is 8.57. The van der Waals surface area contributed by atoms with E-state index in [9.17, 15) is 14.4 Å². The van der Waals surface area contributed by atoms with Crippen molar-refractivity contribution < 1.29 is 23.9 Å². The molecule has 0 aliphatic carbocycles. The Bertz CT molecular complexity index is 712. The number of likely N-dealkylation sites (tertiary alicyclic amines) is 1. The third-order valence-corrected chi connectivity index (χ3v) is 4.98. The van der Waals surface area contributed by atoms with Gasteiger partial charge in [0.05, 0.1) is 0 Å². The average Bonchev–Trinajstić information content (AvgIpc) is 2.56. The highest BCUT2D eigenvalue weighted by atomic mass is 16.6. The summed E-state index contributed by atoms with van der Waals surface area (Å²) in [7, 11) is 0. The zero-order valence-corrected chi connectivity index (χ0v) is 14.8. The van der Waals surface area contributed by atoms with Gasteiger partial charge in [-0.25, -0.2) is 0 Å². The lowest BCUT2D eigenvalue weighted by Crippen LogP contribution is -2.56. The highest BCUT2D eigenvalue weighted by Crippen LogP contribution is 2.45. The van der Waals surface area contributed by atoms with E-state index in [2.05, 4.69) is 0 Å². The van der Waals surface area contributed by atoms with E-state index >= 15 is 0 Å². The molecular weight excluding hydrogens is 322 g/mol. The van der Waals surface area contributed by atoms with Crippen LogP contribution >= 0.6 is 0 Å². The molecule has 1 saturated heterocycles. The van der Waals surface area contributed by atoms with Gasteiger partial charge in [0.25, 0.3) is 6.47 Å². The number of carbonyl (C=O) groups is 3. The lowest BCUT2D eigenvalue weighted by molar-refractivity contribution is -0.164. The van der Waals surface area contributed by atoms with Crippen LogP contribution in [0.3, 0.4) is 0 Å². The standard InChI is InChI=1S/C19H23NO5/c1-12(22)13-7-8-15-14(10-13)17(20-9-5-4-6-16(20)23)18(24-11-21)19(2,3)25-15/h7-8,10-11,17-18H,4-6,9H2,1-3H3. The summed E-state index contributed by atoms with van der Waals surface area (Å²) in [5, 5.41) is 0. The molecular formula is C19H23NO5. The Kier molecular flexibility index (Phi) is 4.54. The summed E-state index contributed by atoms with van der Waals surface area (Å²) in [4.78, 5) is 37.3. The number of piperidine rings is 1. The Hall–Kier alpha value is -2.37. The van der Waals surface area contributed by atoms with Gasteiger partial charge >= 0.3 is 0 Å². The number of benzene rings is 1. The summed E-state index contributed by atoms with van der Waals surface area (Å²) in [6.07, 6.45) is 1.59. The first kappa shape index (κ1) is 17.5. The maximum atomic E-state index is 12.6. The van der Waals surface area contributed by atoms with Crippen molar-refractivity contribution in [2.45, 2.75) is 57.8 Å². The SMILES string of the molecule is CC(=O)c1ccc2c(c1)C(N1CCCCC1=O)C(OC=O)C(C)(C)O2. The monoisotopic (exact) mass is 345 g/mol. The molecule has 0 aromatic heterocycles. The molecule has 2 heterocycles. The maximum Gasteiger partial charge on any atom is 0.293 e.